The SMILES string of the molecule is CC(C)[C@H]1COC(Oc2cc(F)c(S(=O)(=O)Nc3ncns3)cc2F)C(c2cc(Cl)cc(Cl)c2)N1. The van der Waals surface area contributed by atoms with Gasteiger partial charge >= 0.3 is 0 Å². The van der Waals surface area contributed by atoms with E-state index in [4.69, 9.17) is 32.7 Å². The summed E-state index contributed by atoms with van der Waals surface area (Å²) in [6.45, 7) is 4.26. The zero-order chi connectivity index (χ0) is 25.3. The van der Waals surface area contributed by atoms with Crippen LogP contribution in [0.5, 0.6) is 5.75 Å². The molecule has 3 aromatic rings. The Morgan fingerprint density at radius 1 is 1.17 bits per heavy atom. The van der Waals surface area contributed by atoms with Gasteiger partial charge in [0.25, 0.3) is 10.0 Å². The van der Waals surface area contributed by atoms with Gasteiger partial charge in [0.2, 0.25) is 11.4 Å². The third kappa shape index (κ3) is 6.01. The van der Waals surface area contributed by atoms with Crippen LogP contribution in [0, 0.1) is 17.6 Å². The predicted octanol–water partition coefficient (Wildman–Crippen LogP) is 5.01. The third-order valence-electron chi connectivity index (χ3n) is 5.26. The number of benzene rings is 2. The highest BCUT2D eigenvalue weighted by atomic mass is 35.5. The summed E-state index contributed by atoms with van der Waals surface area (Å²) in [5.74, 6) is -2.64. The Bertz CT molecular complexity index is 1290. The highest BCUT2D eigenvalue weighted by Gasteiger charge is 2.36. The normalized spacial score (nSPS) is 20.7. The second-order valence-electron chi connectivity index (χ2n) is 8.08. The minimum atomic E-state index is -4.45. The first-order chi connectivity index (χ1) is 16.5. The molecular weight excluding hydrogens is 545 g/mol. The van der Waals surface area contributed by atoms with E-state index in [2.05, 4.69) is 14.7 Å². The molecule has 0 amide bonds. The van der Waals surface area contributed by atoms with E-state index in [1.807, 2.05) is 18.6 Å². The van der Waals surface area contributed by atoms with Gasteiger partial charge in [0.1, 0.15) is 17.0 Å². The van der Waals surface area contributed by atoms with Crippen LogP contribution < -0.4 is 14.8 Å². The number of aromatic nitrogens is 2. The summed E-state index contributed by atoms with van der Waals surface area (Å²) in [6.07, 6.45) is 0.0394. The summed E-state index contributed by atoms with van der Waals surface area (Å²) in [5.41, 5.74) is 0.624. The van der Waals surface area contributed by atoms with Crippen LogP contribution in [0.1, 0.15) is 25.5 Å². The van der Waals surface area contributed by atoms with Crippen molar-refractivity contribution in [1.82, 2.24) is 14.7 Å². The van der Waals surface area contributed by atoms with Crippen molar-refractivity contribution in [3.63, 3.8) is 0 Å². The molecule has 1 saturated heterocycles. The monoisotopic (exact) mass is 564 g/mol. The summed E-state index contributed by atoms with van der Waals surface area (Å²) in [4.78, 5) is 2.77. The van der Waals surface area contributed by atoms with Crippen molar-refractivity contribution < 1.29 is 26.7 Å². The lowest BCUT2D eigenvalue weighted by atomic mass is 9.98. The van der Waals surface area contributed by atoms with Gasteiger partial charge in [0.05, 0.1) is 12.6 Å². The first-order valence-electron chi connectivity index (χ1n) is 10.3. The Hall–Kier alpha value is -2.09. The van der Waals surface area contributed by atoms with Crippen molar-refractivity contribution in [2.75, 3.05) is 11.3 Å². The Balaban J connectivity index is 1.62. The van der Waals surface area contributed by atoms with Gasteiger partial charge in [-0.2, -0.15) is 4.37 Å². The van der Waals surface area contributed by atoms with Crippen molar-refractivity contribution in [1.29, 1.82) is 0 Å². The number of morpholine rings is 1. The topological polar surface area (TPSA) is 102 Å². The number of hydrogen-bond acceptors (Lipinski definition) is 8. The van der Waals surface area contributed by atoms with E-state index < -0.39 is 44.6 Å². The lowest BCUT2D eigenvalue weighted by molar-refractivity contribution is -0.143. The molecule has 0 aliphatic carbocycles. The smallest absolute Gasteiger partial charge is 0.266 e. The molecule has 2 unspecified atom stereocenters. The highest BCUT2D eigenvalue weighted by molar-refractivity contribution is 7.93. The number of sulfonamides is 1. The quantitative estimate of drug-likeness (QED) is 0.415. The summed E-state index contributed by atoms with van der Waals surface area (Å²) in [6, 6.07) is 5.40. The standard InChI is InChI=1S/C21H20Cl2F2N4O4S2/c1-10(2)16-8-32-20(19(28-16)11-3-12(22)5-13(23)4-11)33-17-6-15(25)18(7-14(17)24)35(30,31)29-21-26-9-27-34-21/h3-7,9-10,16,19-20,28H,8H2,1-2H3,(H,26,27,29)/t16-,19?,20?/m1/s1. The number of nitrogens with one attached hydrogen (secondary N) is 2. The van der Waals surface area contributed by atoms with Gasteiger partial charge in [0, 0.05) is 39.8 Å². The zero-order valence-electron chi connectivity index (χ0n) is 18.3. The Morgan fingerprint density at radius 2 is 1.89 bits per heavy atom. The van der Waals surface area contributed by atoms with Gasteiger partial charge in [-0.3, -0.25) is 10.0 Å². The number of halogens is 4. The average Bonchev–Trinajstić information content (AvgIpc) is 3.27. The van der Waals surface area contributed by atoms with Crippen molar-refractivity contribution >= 4 is 49.9 Å². The fraction of sp³-hybridized carbons (Fsp3) is 0.333. The van der Waals surface area contributed by atoms with Crippen molar-refractivity contribution in [2.45, 2.75) is 37.1 Å². The molecule has 0 bridgehead atoms. The molecule has 1 aliphatic rings. The Labute approximate surface area is 214 Å². The fourth-order valence-electron chi connectivity index (χ4n) is 3.47. The number of ether oxygens (including phenoxy) is 2. The number of nitrogens with zero attached hydrogens (tertiary/aromatic N) is 2. The van der Waals surface area contributed by atoms with Gasteiger partial charge in [-0.1, -0.05) is 37.0 Å². The molecule has 188 valence electrons. The average molecular weight is 565 g/mol. The third-order valence-corrected chi connectivity index (χ3v) is 7.76. The molecule has 2 heterocycles. The minimum Gasteiger partial charge on any atom is -0.460 e. The van der Waals surface area contributed by atoms with Gasteiger partial charge in [0.15, 0.2) is 11.6 Å². The number of anilines is 1. The zero-order valence-corrected chi connectivity index (χ0v) is 21.5. The molecular formula is C21H20Cl2F2N4O4S2. The van der Waals surface area contributed by atoms with E-state index in [1.165, 1.54) is 0 Å². The lowest BCUT2D eigenvalue weighted by Gasteiger charge is -2.39. The molecule has 35 heavy (non-hydrogen) atoms. The van der Waals surface area contributed by atoms with E-state index in [0.29, 0.717) is 27.7 Å². The highest BCUT2D eigenvalue weighted by Crippen LogP contribution is 2.34. The fourth-order valence-corrected chi connectivity index (χ4v) is 5.74. The van der Waals surface area contributed by atoms with Crippen LogP contribution in [0.3, 0.4) is 0 Å². The molecule has 8 nitrogen and oxygen atoms in total. The van der Waals surface area contributed by atoms with E-state index in [9.17, 15) is 17.2 Å². The molecule has 2 aromatic carbocycles. The van der Waals surface area contributed by atoms with Crippen molar-refractivity contribution in [3.8, 4) is 5.75 Å². The molecule has 14 heteroatoms. The first-order valence-corrected chi connectivity index (χ1v) is 13.3. The van der Waals surface area contributed by atoms with Crippen molar-refractivity contribution in [3.05, 3.63) is 63.9 Å². The Kier molecular flexibility index (Phi) is 7.79. The Morgan fingerprint density at radius 3 is 2.51 bits per heavy atom. The molecule has 0 radical (unpaired) electrons. The molecule has 4 rings (SSSR count). The van der Waals surface area contributed by atoms with Crippen LogP contribution in [0.25, 0.3) is 0 Å². The summed E-state index contributed by atoms with van der Waals surface area (Å²) in [5, 5.41) is 4.07. The molecule has 0 saturated carbocycles. The van der Waals surface area contributed by atoms with Crippen LogP contribution in [0.2, 0.25) is 10.0 Å². The maximum Gasteiger partial charge on any atom is 0.266 e. The van der Waals surface area contributed by atoms with Crippen LogP contribution in [-0.4, -0.2) is 36.7 Å². The van der Waals surface area contributed by atoms with Gasteiger partial charge in [-0.05, 0) is 29.7 Å². The predicted molar refractivity (Wildman–Crippen MR) is 128 cm³/mol. The number of rotatable bonds is 7. The lowest BCUT2D eigenvalue weighted by Crippen LogP contribution is -2.52. The van der Waals surface area contributed by atoms with Gasteiger partial charge in [-0.15, -0.1) is 0 Å². The maximum atomic E-state index is 14.9. The molecule has 1 aromatic heterocycles. The van der Waals surface area contributed by atoms with Crippen LogP contribution in [0.15, 0.2) is 41.6 Å². The molecule has 1 aliphatic heterocycles. The first kappa shape index (κ1) is 26.0. The van der Waals surface area contributed by atoms with Crippen LogP contribution in [-0.2, 0) is 14.8 Å². The summed E-state index contributed by atoms with van der Waals surface area (Å²) >= 11 is 13.1. The molecule has 3 atom stereocenters. The van der Waals surface area contributed by atoms with E-state index in [1.54, 1.807) is 18.2 Å². The van der Waals surface area contributed by atoms with Crippen LogP contribution >= 0.6 is 34.7 Å². The molecule has 0 spiro atoms. The van der Waals surface area contributed by atoms with Gasteiger partial charge in [-0.25, -0.2) is 22.2 Å². The van der Waals surface area contributed by atoms with E-state index in [0.717, 1.165) is 17.9 Å². The maximum absolute atomic E-state index is 14.9. The second kappa shape index (κ2) is 10.5. The number of hydrogen-bond donors (Lipinski definition) is 2. The molecule has 2 N–H and O–H groups in total. The largest absolute Gasteiger partial charge is 0.460 e. The molecule has 1 fully saturated rings. The van der Waals surface area contributed by atoms with Crippen LogP contribution in [0.4, 0.5) is 13.9 Å². The summed E-state index contributed by atoms with van der Waals surface area (Å²) < 4.78 is 72.0. The summed E-state index contributed by atoms with van der Waals surface area (Å²) in [7, 11) is -4.45. The van der Waals surface area contributed by atoms with Crippen molar-refractivity contribution in [2.24, 2.45) is 5.92 Å². The minimum absolute atomic E-state index is 0.0573. The van der Waals surface area contributed by atoms with Gasteiger partial charge < -0.3 is 9.47 Å². The van der Waals surface area contributed by atoms with E-state index in [-0.39, 0.29) is 23.7 Å². The second-order valence-corrected chi connectivity index (χ2v) is 11.4. The van der Waals surface area contributed by atoms with E-state index >= 15 is 0 Å².